The van der Waals surface area contributed by atoms with Crippen molar-refractivity contribution in [2.75, 3.05) is 7.11 Å². The summed E-state index contributed by atoms with van der Waals surface area (Å²) in [5.74, 6) is 0.827. The lowest BCUT2D eigenvalue weighted by molar-refractivity contribution is 0.0950. The van der Waals surface area contributed by atoms with Gasteiger partial charge in [0, 0.05) is 5.56 Å². The number of benzene rings is 1. The number of methoxy groups -OCH3 is 1. The molecule has 0 aliphatic rings. The molecule has 3 rings (SSSR count). The molecule has 3 aromatic rings. The highest BCUT2D eigenvalue weighted by molar-refractivity contribution is 5.94. The first-order chi connectivity index (χ1) is 11.3. The molecule has 2 aromatic heterocycles. The average Bonchev–Trinajstić information content (AvgIpc) is 3.26. The number of nitrogens with zero attached hydrogens (tertiary/aromatic N) is 2. The molecule has 0 aliphatic carbocycles. The Kier molecular flexibility index (Phi) is 4.19. The third-order valence-electron chi connectivity index (χ3n) is 3.11. The van der Waals surface area contributed by atoms with Gasteiger partial charge in [-0.2, -0.15) is 10.2 Å². The normalized spacial score (nSPS) is 10.8. The molecule has 1 aromatic carbocycles. The van der Waals surface area contributed by atoms with Gasteiger partial charge in [0.25, 0.3) is 5.91 Å². The summed E-state index contributed by atoms with van der Waals surface area (Å²) < 4.78 is 10.4. The Balaban J connectivity index is 1.72. The van der Waals surface area contributed by atoms with E-state index in [0.29, 0.717) is 22.9 Å². The number of nitrogens with one attached hydrogen (secondary N) is 2. The van der Waals surface area contributed by atoms with Crippen LogP contribution in [0.25, 0.3) is 11.3 Å². The van der Waals surface area contributed by atoms with E-state index in [-0.39, 0.29) is 0 Å². The Bertz CT molecular complexity index is 821. The molecule has 7 heteroatoms. The average molecular weight is 310 g/mol. The number of hydrogen-bond donors (Lipinski definition) is 2. The Labute approximate surface area is 132 Å². The minimum absolute atomic E-state index is 0.294. The van der Waals surface area contributed by atoms with Crippen molar-refractivity contribution in [3.63, 3.8) is 0 Å². The van der Waals surface area contributed by atoms with Crippen molar-refractivity contribution in [1.29, 1.82) is 0 Å². The number of hydrogen-bond acceptors (Lipinski definition) is 5. The molecule has 2 N–H and O–H groups in total. The maximum absolute atomic E-state index is 12.0. The number of para-hydroxylation sites is 1. The van der Waals surface area contributed by atoms with Crippen molar-refractivity contribution < 1.29 is 13.9 Å². The molecule has 0 atom stereocenters. The number of aromatic nitrogens is 2. The molecular formula is C16H14N4O3. The molecule has 0 bridgehead atoms. The van der Waals surface area contributed by atoms with Crippen molar-refractivity contribution in [3.8, 4) is 17.0 Å². The summed E-state index contributed by atoms with van der Waals surface area (Å²) in [6, 6.07) is 12.5. The van der Waals surface area contributed by atoms with Crippen LogP contribution in [0.15, 0.2) is 58.2 Å². The highest BCUT2D eigenvalue weighted by Gasteiger charge is 2.13. The number of ether oxygens (including phenoxy) is 1. The van der Waals surface area contributed by atoms with E-state index in [1.54, 1.807) is 25.3 Å². The second-order valence-corrected chi connectivity index (χ2v) is 4.58. The number of carbonyl (C=O) groups is 1. The van der Waals surface area contributed by atoms with Crippen molar-refractivity contribution in [1.82, 2.24) is 15.6 Å². The van der Waals surface area contributed by atoms with Crippen LogP contribution in [0.3, 0.4) is 0 Å². The van der Waals surface area contributed by atoms with E-state index in [4.69, 9.17) is 9.15 Å². The molecule has 0 aliphatic heterocycles. The molecule has 23 heavy (non-hydrogen) atoms. The van der Waals surface area contributed by atoms with Gasteiger partial charge in [0.2, 0.25) is 0 Å². The van der Waals surface area contributed by atoms with Gasteiger partial charge < -0.3 is 9.15 Å². The zero-order valence-corrected chi connectivity index (χ0v) is 12.3. The van der Waals surface area contributed by atoms with Crippen LogP contribution in [-0.4, -0.2) is 29.4 Å². The summed E-state index contributed by atoms with van der Waals surface area (Å²) >= 11 is 0. The number of H-pyrrole nitrogens is 1. The molecule has 7 nitrogen and oxygen atoms in total. The van der Waals surface area contributed by atoms with Gasteiger partial charge >= 0.3 is 0 Å². The van der Waals surface area contributed by atoms with Crippen molar-refractivity contribution in [3.05, 3.63) is 60.2 Å². The summed E-state index contributed by atoms with van der Waals surface area (Å²) in [5.41, 5.74) is 4.10. The van der Waals surface area contributed by atoms with E-state index in [2.05, 4.69) is 20.7 Å². The first kappa shape index (κ1) is 14.6. The summed E-state index contributed by atoms with van der Waals surface area (Å²) in [6.07, 6.45) is 2.94. The van der Waals surface area contributed by atoms with Gasteiger partial charge in [-0.15, -0.1) is 0 Å². The molecule has 0 saturated carbocycles. The molecule has 0 unspecified atom stereocenters. The van der Waals surface area contributed by atoms with Crippen LogP contribution in [0.5, 0.6) is 5.75 Å². The SMILES string of the molecule is COc1ccccc1-c1cc(C(=O)N/N=C\c2ccco2)[nH]n1. The van der Waals surface area contributed by atoms with E-state index in [1.165, 1.54) is 12.5 Å². The van der Waals surface area contributed by atoms with Gasteiger partial charge in [-0.3, -0.25) is 9.89 Å². The fourth-order valence-electron chi connectivity index (χ4n) is 2.01. The Morgan fingerprint density at radius 1 is 1.35 bits per heavy atom. The summed E-state index contributed by atoms with van der Waals surface area (Å²) in [7, 11) is 1.59. The number of carbonyl (C=O) groups excluding carboxylic acids is 1. The van der Waals surface area contributed by atoms with E-state index in [9.17, 15) is 4.79 Å². The molecular weight excluding hydrogens is 296 g/mol. The molecule has 0 fully saturated rings. The Morgan fingerprint density at radius 3 is 3.00 bits per heavy atom. The van der Waals surface area contributed by atoms with Crippen molar-refractivity contribution in [2.24, 2.45) is 5.10 Å². The third kappa shape index (κ3) is 3.29. The van der Waals surface area contributed by atoms with Crippen LogP contribution in [0.2, 0.25) is 0 Å². The first-order valence-corrected chi connectivity index (χ1v) is 6.83. The second-order valence-electron chi connectivity index (χ2n) is 4.58. The molecule has 0 spiro atoms. The molecule has 1 amide bonds. The fraction of sp³-hybridized carbons (Fsp3) is 0.0625. The van der Waals surface area contributed by atoms with E-state index >= 15 is 0 Å². The minimum atomic E-state index is -0.401. The second kappa shape index (κ2) is 6.61. The van der Waals surface area contributed by atoms with Crippen LogP contribution >= 0.6 is 0 Å². The first-order valence-electron chi connectivity index (χ1n) is 6.83. The Hall–Kier alpha value is -3.35. The number of rotatable bonds is 5. The third-order valence-corrected chi connectivity index (χ3v) is 3.11. The molecule has 0 radical (unpaired) electrons. The van der Waals surface area contributed by atoms with Crippen LogP contribution in [0.1, 0.15) is 16.2 Å². The van der Waals surface area contributed by atoms with Gasteiger partial charge in [0.05, 0.1) is 25.3 Å². The van der Waals surface area contributed by atoms with Crippen LogP contribution in [-0.2, 0) is 0 Å². The molecule has 2 heterocycles. The van der Waals surface area contributed by atoms with Crippen LogP contribution in [0, 0.1) is 0 Å². The van der Waals surface area contributed by atoms with E-state index in [1.807, 2.05) is 24.3 Å². The van der Waals surface area contributed by atoms with Crippen molar-refractivity contribution in [2.45, 2.75) is 0 Å². The molecule has 116 valence electrons. The summed E-state index contributed by atoms with van der Waals surface area (Å²) in [4.78, 5) is 12.0. The quantitative estimate of drug-likeness (QED) is 0.559. The highest BCUT2D eigenvalue weighted by atomic mass is 16.5. The van der Waals surface area contributed by atoms with Gasteiger partial charge in [-0.1, -0.05) is 12.1 Å². The monoisotopic (exact) mass is 310 g/mol. The van der Waals surface area contributed by atoms with Gasteiger partial charge in [0.1, 0.15) is 17.2 Å². The number of furan rings is 1. The zero-order chi connectivity index (χ0) is 16.1. The predicted molar refractivity (Wildman–Crippen MR) is 84.3 cm³/mol. The fourth-order valence-corrected chi connectivity index (χ4v) is 2.01. The summed E-state index contributed by atoms with van der Waals surface area (Å²) in [5, 5.41) is 10.6. The summed E-state index contributed by atoms with van der Waals surface area (Å²) in [6.45, 7) is 0. The smallest absolute Gasteiger partial charge is 0.289 e. The number of aromatic amines is 1. The largest absolute Gasteiger partial charge is 0.496 e. The predicted octanol–water partition coefficient (Wildman–Crippen LogP) is 2.44. The van der Waals surface area contributed by atoms with Gasteiger partial charge in [-0.25, -0.2) is 5.43 Å². The van der Waals surface area contributed by atoms with E-state index < -0.39 is 5.91 Å². The standard InChI is InChI=1S/C16H14N4O3/c1-22-15-7-3-2-6-12(15)13-9-14(19-18-13)16(21)20-17-10-11-5-4-8-23-11/h2-10H,1H3,(H,18,19)(H,20,21)/b17-10-. The Morgan fingerprint density at radius 2 is 2.22 bits per heavy atom. The van der Waals surface area contributed by atoms with Crippen LogP contribution < -0.4 is 10.2 Å². The lowest BCUT2D eigenvalue weighted by atomic mass is 10.1. The van der Waals surface area contributed by atoms with E-state index in [0.717, 1.165) is 5.56 Å². The maximum Gasteiger partial charge on any atom is 0.289 e. The topological polar surface area (TPSA) is 92.5 Å². The van der Waals surface area contributed by atoms with Crippen molar-refractivity contribution >= 4 is 12.1 Å². The van der Waals surface area contributed by atoms with Crippen LogP contribution in [0.4, 0.5) is 0 Å². The minimum Gasteiger partial charge on any atom is -0.496 e. The lowest BCUT2D eigenvalue weighted by Crippen LogP contribution is -2.17. The van der Waals surface area contributed by atoms with Gasteiger partial charge in [0.15, 0.2) is 0 Å². The van der Waals surface area contributed by atoms with Gasteiger partial charge in [-0.05, 0) is 30.3 Å². The lowest BCUT2D eigenvalue weighted by Gasteiger charge is -2.04. The maximum atomic E-state index is 12.0. The zero-order valence-electron chi connectivity index (χ0n) is 12.3. The molecule has 0 saturated heterocycles. The number of amides is 1. The highest BCUT2D eigenvalue weighted by Crippen LogP contribution is 2.28. The number of hydrazone groups is 1.